The van der Waals surface area contributed by atoms with Gasteiger partial charge in [0, 0.05) is 12.1 Å². The third kappa shape index (κ3) is 4.09. The number of rotatable bonds is 6. The van der Waals surface area contributed by atoms with Gasteiger partial charge in [-0.3, -0.25) is 0 Å². The van der Waals surface area contributed by atoms with Crippen molar-refractivity contribution in [1.82, 2.24) is 5.32 Å². The number of aliphatic hydroxyl groups is 1. The molecule has 0 saturated carbocycles. The van der Waals surface area contributed by atoms with Crippen LogP contribution < -0.4 is 5.32 Å². The first-order valence-corrected chi connectivity index (χ1v) is 7.01. The third-order valence-corrected chi connectivity index (χ3v) is 3.52. The van der Waals surface area contributed by atoms with Crippen molar-refractivity contribution < 1.29 is 13.9 Å². The number of halogens is 2. The summed E-state index contributed by atoms with van der Waals surface area (Å²) >= 11 is 0. The molecule has 0 bridgehead atoms. The average Bonchev–Trinajstić information content (AvgIpc) is 2.51. The standard InChI is InChI=1S/C17H19F2NO/c1-2-12-3-5-13(6-4-12)17(11-21)20-10-14-9-15(18)7-8-16(14)19/h3-9,17,20-21H,2,10-11H2,1H3. The SMILES string of the molecule is CCc1ccc(C(CO)NCc2cc(F)ccc2F)cc1. The normalized spacial score (nSPS) is 12.4. The molecule has 0 amide bonds. The Morgan fingerprint density at radius 3 is 2.43 bits per heavy atom. The fourth-order valence-electron chi connectivity index (χ4n) is 2.19. The molecule has 0 aliphatic heterocycles. The summed E-state index contributed by atoms with van der Waals surface area (Å²) in [5, 5.41) is 12.5. The van der Waals surface area contributed by atoms with Crippen molar-refractivity contribution >= 4 is 0 Å². The second-order valence-electron chi connectivity index (χ2n) is 4.95. The highest BCUT2D eigenvalue weighted by molar-refractivity contribution is 5.25. The van der Waals surface area contributed by atoms with Crippen LogP contribution in [-0.4, -0.2) is 11.7 Å². The van der Waals surface area contributed by atoms with Gasteiger partial charge in [-0.1, -0.05) is 31.2 Å². The Bertz CT molecular complexity index is 584. The smallest absolute Gasteiger partial charge is 0.127 e. The summed E-state index contributed by atoms with van der Waals surface area (Å²) in [6.07, 6.45) is 0.950. The van der Waals surface area contributed by atoms with Gasteiger partial charge in [-0.15, -0.1) is 0 Å². The van der Waals surface area contributed by atoms with Gasteiger partial charge in [0.2, 0.25) is 0 Å². The maximum Gasteiger partial charge on any atom is 0.127 e. The lowest BCUT2D eigenvalue weighted by molar-refractivity contribution is 0.243. The van der Waals surface area contributed by atoms with Crippen LogP contribution in [0.15, 0.2) is 42.5 Å². The van der Waals surface area contributed by atoms with Gasteiger partial charge >= 0.3 is 0 Å². The van der Waals surface area contributed by atoms with E-state index in [0.717, 1.165) is 30.2 Å². The molecule has 4 heteroatoms. The number of hydrogen-bond acceptors (Lipinski definition) is 2. The van der Waals surface area contributed by atoms with E-state index < -0.39 is 11.6 Å². The van der Waals surface area contributed by atoms with Gasteiger partial charge in [-0.2, -0.15) is 0 Å². The van der Waals surface area contributed by atoms with Crippen LogP contribution in [0.1, 0.15) is 29.7 Å². The molecule has 0 aromatic heterocycles. The predicted molar refractivity (Wildman–Crippen MR) is 78.8 cm³/mol. The highest BCUT2D eigenvalue weighted by atomic mass is 19.1. The van der Waals surface area contributed by atoms with Gasteiger partial charge in [0.15, 0.2) is 0 Å². The van der Waals surface area contributed by atoms with E-state index >= 15 is 0 Å². The second kappa shape index (κ2) is 7.29. The molecule has 2 aromatic carbocycles. The lowest BCUT2D eigenvalue weighted by atomic mass is 10.0. The second-order valence-corrected chi connectivity index (χ2v) is 4.95. The largest absolute Gasteiger partial charge is 0.394 e. The quantitative estimate of drug-likeness (QED) is 0.855. The van der Waals surface area contributed by atoms with Crippen molar-refractivity contribution in [1.29, 1.82) is 0 Å². The van der Waals surface area contributed by atoms with E-state index in [9.17, 15) is 13.9 Å². The minimum Gasteiger partial charge on any atom is -0.394 e. The van der Waals surface area contributed by atoms with Crippen molar-refractivity contribution in [3.63, 3.8) is 0 Å². The first-order chi connectivity index (χ1) is 10.1. The number of hydrogen-bond donors (Lipinski definition) is 2. The molecule has 0 aliphatic carbocycles. The maximum atomic E-state index is 13.6. The Labute approximate surface area is 123 Å². The summed E-state index contributed by atoms with van der Waals surface area (Å²) in [6.45, 7) is 2.12. The minimum absolute atomic E-state index is 0.109. The Morgan fingerprint density at radius 2 is 1.81 bits per heavy atom. The predicted octanol–water partition coefficient (Wildman–Crippen LogP) is 3.35. The zero-order chi connectivity index (χ0) is 15.2. The van der Waals surface area contributed by atoms with Crippen molar-refractivity contribution in [3.05, 3.63) is 70.8 Å². The van der Waals surface area contributed by atoms with Crippen molar-refractivity contribution in [3.8, 4) is 0 Å². The molecule has 0 heterocycles. The van der Waals surface area contributed by atoms with E-state index in [-0.39, 0.29) is 24.8 Å². The van der Waals surface area contributed by atoms with Crippen molar-refractivity contribution in [2.75, 3.05) is 6.61 Å². The molecule has 2 rings (SSSR count). The maximum absolute atomic E-state index is 13.6. The van der Waals surface area contributed by atoms with E-state index in [1.807, 2.05) is 24.3 Å². The van der Waals surface area contributed by atoms with E-state index in [4.69, 9.17) is 0 Å². The first-order valence-electron chi connectivity index (χ1n) is 7.01. The van der Waals surface area contributed by atoms with Crippen LogP contribution >= 0.6 is 0 Å². The molecule has 1 atom stereocenters. The molecule has 112 valence electrons. The van der Waals surface area contributed by atoms with E-state index in [0.29, 0.717) is 0 Å². The molecule has 0 spiro atoms. The van der Waals surface area contributed by atoms with Crippen LogP contribution in [0.4, 0.5) is 8.78 Å². The molecular formula is C17H19F2NO. The summed E-state index contributed by atoms with van der Waals surface area (Å²) in [5.74, 6) is -0.928. The van der Waals surface area contributed by atoms with Crippen LogP contribution in [0.5, 0.6) is 0 Å². The van der Waals surface area contributed by atoms with Gasteiger partial charge in [-0.05, 0) is 35.7 Å². The van der Waals surface area contributed by atoms with Gasteiger partial charge in [0.05, 0.1) is 12.6 Å². The van der Waals surface area contributed by atoms with Crippen LogP contribution in [-0.2, 0) is 13.0 Å². The topological polar surface area (TPSA) is 32.3 Å². The monoisotopic (exact) mass is 291 g/mol. The summed E-state index contributed by atoms with van der Waals surface area (Å²) < 4.78 is 26.7. The van der Waals surface area contributed by atoms with Gasteiger partial charge in [0.25, 0.3) is 0 Å². The first kappa shape index (κ1) is 15.6. The summed E-state index contributed by atoms with van der Waals surface area (Å²) in [5.41, 5.74) is 2.39. The lowest BCUT2D eigenvalue weighted by Crippen LogP contribution is -2.24. The number of nitrogens with one attached hydrogen (secondary N) is 1. The molecule has 0 fully saturated rings. The Morgan fingerprint density at radius 1 is 1.10 bits per heavy atom. The summed E-state index contributed by atoms with van der Waals surface area (Å²) in [6, 6.07) is 10.9. The molecule has 2 N–H and O–H groups in total. The van der Waals surface area contributed by atoms with Crippen LogP contribution in [0.25, 0.3) is 0 Å². The zero-order valence-corrected chi connectivity index (χ0v) is 11.9. The number of aryl methyl sites for hydroxylation is 1. The van der Waals surface area contributed by atoms with Crippen LogP contribution in [0.3, 0.4) is 0 Å². The molecule has 0 aliphatic rings. The summed E-state index contributed by atoms with van der Waals surface area (Å²) in [4.78, 5) is 0. The molecule has 0 radical (unpaired) electrons. The van der Waals surface area contributed by atoms with Gasteiger partial charge < -0.3 is 10.4 Å². The number of benzene rings is 2. The summed E-state index contributed by atoms with van der Waals surface area (Å²) in [7, 11) is 0. The molecule has 21 heavy (non-hydrogen) atoms. The number of aliphatic hydroxyl groups excluding tert-OH is 1. The molecule has 2 aromatic rings. The molecule has 0 saturated heterocycles. The zero-order valence-electron chi connectivity index (χ0n) is 11.9. The fraction of sp³-hybridized carbons (Fsp3) is 0.294. The van der Waals surface area contributed by atoms with E-state index in [2.05, 4.69) is 12.2 Å². The fourth-order valence-corrected chi connectivity index (χ4v) is 2.19. The average molecular weight is 291 g/mol. The van der Waals surface area contributed by atoms with E-state index in [1.54, 1.807) is 0 Å². The Balaban J connectivity index is 2.06. The molecule has 1 unspecified atom stereocenters. The van der Waals surface area contributed by atoms with E-state index in [1.165, 1.54) is 5.56 Å². The third-order valence-electron chi connectivity index (χ3n) is 3.52. The highest BCUT2D eigenvalue weighted by Crippen LogP contribution is 2.16. The Hall–Kier alpha value is -1.78. The van der Waals surface area contributed by atoms with Gasteiger partial charge in [0.1, 0.15) is 11.6 Å². The Kier molecular flexibility index (Phi) is 5.42. The highest BCUT2D eigenvalue weighted by Gasteiger charge is 2.11. The van der Waals surface area contributed by atoms with Gasteiger partial charge in [-0.25, -0.2) is 8.78 Å². The lowest BCUT2D eigenvalue weighted by Gasteiger charge is -2.17. The van der Waals surface area contributed by atoms with Crippen LogP contribution in [0, 0.1) is 11.6 Å². The van der Waals surface area contributed by atoms with Crippen molar-refractivity contribution in [2.45, 2.75) is 25.9 Å². The molecule has 2 nitrogen and oxygen atoms in total. The molecular weight excluding hydrogens is 272 g/mol. The van der Waals surface area contributed by atoms with Crippen LogP contribution in [0.2, 0.25) is 0 Å². The van der Waals surface area contributed by atoms with Crippen molar-refractivity contribution in [2.24, 2.45) is 0 Å². The minimum atomic E-state index is -0.471.